The fourth-order valence-corrected chi connectivity index (χ4v) is 10.2. The Labute approximate surface area is 460 Å². The van der Waals surface area contributed by atoms with E-state index in [0.29, 0.717) is 17.4 Å². The third-order valence-electron chi connectivity index (χ3n) is 14.5. The summed E-state index contributed by atoms with van der Waals surface area (Å²) in [4.78, 5) is 23.4. The number of allylic oxidation sites excluding steroid dienone is 7. The average molecular weight is 1060 g/mol. The van der Waals surface area contributed by atoms with Gasteiger partial charge < -0.3 is 19.8 Å². The molecular weight excluding hydrogens is 936 g/mol. The Hall–Kier alpha value is -1.54. The van der Waals surface area contributed by atoms with Crippen molar-refractivity contribution in [3.8, 4) is 0 Å². The van der Waals surface area contributed by atoms with Gasteiger partial charge in [-0.2, -0.15) is 0 Å². The molecule has 0 aromatic carbocycles. The third-order valence-corrected chi connectivity index (χ3v) is 15.5. The number of phosphoric ester groups is 1. The van der Waals surface area contributed by atoms with Crippen LogP contribution in [-0.2, 0) is 18.4 Å². The van der Waals surface area contributed by atoms with Crippen LogP contribution in [0.2, 0.25) is 0 Å². The second-order valence-electron chi connectivity index (χ2n) is 23.1. The first-order chi connectivity index (χ1) is 36.0. The van der Waals surface area contributed by atoms with Gasteiger partial charge in [0.05, 0.1) is 39.9 Å². The van der Waals surface area contributed by atoms with E-state index in [2.05, 4.69) is 55.6 Å². The number of hydrogen-bond acceptors (Lipinski definition) is 5. The molecule has 74 heavy (non-hydrogen) atoms. The van der Waals surface area contributed by atoms with Crippen LogP contribution >= 0.6 is 7.82 Å². The highest BCUT2D eigenvalue weighted by Gasteiger charge is 2.27. The number of aliphatic hydroxyl groups is 1. The van der Waals surface area contributed by atoms with E-state index in [1.165, 1.54) is 244 Å². The number of rotatable bonds is 59. The SMILES string of the molecule is CCCCCCCCCC/C=C\CCCCCCCCCCCCCCCCCC(=O)NC(COP(=O)(O)OCC[N+](C)(C)C)C(O)/C=C/CC/C=C/CC/C=C/CCCCCCCCCCCCCCCCC. The van der Waals surface area contributed by atoms with Gasteiger partial charge in [-0.25, -0.2) is 4.57 Å². The predicted molar refractivity (Wildman–Crippen MR) is 323 cm³/mol. The van der Waals surface area contributed by atoms with Gasteiger partial charge in [0, 0.05) is 6.42 Å². The summed E-state index contributed by atoms with van der Waals surface area (Å²) < 4.78 is 23.7. The Balaban J connectivity index is 4.19. The van der Waals surface area contributed by atoms with Gasteiger partial charge in [-0.05, 0) is 70.6 Å². The quantitative estimate of drug-likeness (QED) is 0.0243. The number of carbonyl (C=O) groups is 1. The van der Waals surface area contributed by atoms with E-state index in [1.54, 1.807) is 6.08 Å². The van der Waals surface area contributed by atoms with Gasteiger partial charge in [0.1, 0.15) is 13.2 Å². The summed E-state index contributed by atoms with van der Waals surface area (Å²) in [6.07, 6.45) is 75.3. The first-order valence-electron chi connectivity index (χ1n) is 32.0. The van der Waals surface area contributed by atoms with Crippen molar-refractivity contribution in [3.05, 3.63) is 48.6 Å². The lowest BCUT2D eigenvalue weighted by Crippen LogP contribution is -2.45. The number of quaternary nitrogens is 1. The summed E-state index contributed by atoms with van der Waals surface area (Å²) in [7, 11) is 1.55. The highest BCUT2D eigenvalue weighted by molar-refractivity contribution is 7.47. The predicted octanol–water partition coefficient (Wildman–Crippen LogP) is 19.9. The minimum atomic E-state index is -4.36. The number of phosphoric acid groups is 1. The van der Waals surface area contributed by atoms with E-state index in [0.717, 1.165) is 44.9 Å². The minimum absolute atomic E-state index is 0.0539. The van der Waals surface area contributed by atoms with E-state index in [9.17, 15) is 19.4 Å². The Bertz CT molecular complexity index is 1340. The highest BCUT2D eigenvalue weighted by atomic mass is 31.2. The molecule has 0 spiro atoms. The summed E-state index contributed by atoms with van der Waals surface area (Å²) >= 11 is 0. The van der Waals surface area contributed by atoms with Gasteiger partial charge >= 0.3 is 7.82 Å². The average Bonchev–Trinajstić information content (AvgIpc) is 3.36. The minimum Gasteiger partial charge on any atom is -0.387 e. The number of aliphatic hydroxyl groups excluding tert-OH is 1. The molecule has 436 valence electrons. The molecule has 3 unspecified atom stereocenters. The van der Waals surface area contributed by atoms with Gasteiger partial charge in [-0.3, -0.25) is 13.8 Å². The zero-order chi connectivity index (χ0) is 54.2. The normalized spacial score (nSPS) is 14.1. The number of amides is 1. The maximum atomic E-state index is 13.0. The fourth-order valence-electron chi connectivity index (χ4n) is 9.48. The Kier molecular flexibility index (Phi) is 55.0. The number of carbonyl (C=O) groups excluding carboxylic acids is 1. The van der Waals surface area contributed by atoms with Crippen molar-refractivity contribution in [2.75, 3.05) is 40.9 Å². The van der Waals surface area contributed by atoms with Crippen LogP contribution in [0.25, 0.3) is 0 Å². The zero-order valence-electron chi connectivity index (χ0n) is 49.8. The lowest BCUT2D eigenvalue weighted by molar-refractivity contribution is -0.870. The van der Waals surface area contributed by atoms with Crippen LogP contribution in [0.15, 0.2) is 48.6 Å². The van der Waals surface area contributed by atoms with Gasteiger partial charge in [0.15, 0.2) is 0 Å². The number of unbranched alkanes of at least 4 members (excludes halogenated alkanes) is 40. The Morgan fingerprint density at radius 1 is 0.446 bits per heavy atom. The van der Waals surface area contributed by atoms with Crippen LogP contribution < -0.4 is 5.32 Å². The van der Waals surface area contributed by atoms with E-state index < -0.39 is 20.0 Å². The molecule has 0 aromatic rings. The van der Waals surface area contributed by atoms with E-state index >= 15 is 0 Å². The van der Waals surface area contributed by atoms with Crippen molar-refractivity contribution in [2.24, 2.45) is 0 Å². The topological polar surface area (TPSA) is 105 Å². The van der Waals surface area contributed by atoms with Crippen LogP contribution in [0.5, 0.6) is 0 Å². The lowest BCUT2D eigenvalue weighted by Gasteiger charge is -2.25. The molecule has 0 fully saturated rings. The Morgan fingerprint density at radius 3 is 1.08 bits per heavy atom. The maximum absolute atomic E-state index is 13.0. The first kappa shape index (κ1) is 72.5. The molecule has 1 amide bonds. The van der Waals surface area contributed by atoms with Gasteiger partial charge in [0.25, 0.3) is 0 Å². The number of likely N-dealkylation sites (N-methyl/N-ethyl adjacent to an activating group) is 1. The largest absolute Gasteiger partial charge is 0.472 e. The van der Waals surface area contributed by atoms with Crippen LogP contribution in [0.1, 0.15) is 309 Å². The number of nitrogens with zero attached hydrogens (tertiary/aromatic N) is 1. The maximum Gasteiger partial charge on any atom is 0.472 e. The van der Waals surface area contributed by atoms with Crippen LogP contribution in [0.3, 0.4) is 0 Å². The molecule has 9 heteroatoms. The van der Waals surface area contributed by atoms with Gasteiger partial charge in [0.2, 0.25) is 5.91 Å². The summed E-state index contributed by atoms with van der Waals surface area (Å²) in [5.74, 6) is -0.187. The van der Waals surface area contributed by atoms with E-state index in [4.69, 9.17) is 9.05 Å². The van der Waals surface area contributed by atoms with Crippen molar-refractivity contribution in [1.29, 1.82) is 0 Å². The molecule has 3 N–H and O–H groups in total. The standard InChI is InChI=1S/C65H125N2O6P/c1-6-8-10-12-14-16-18-20-22-24-26-28-30-32-33-35-37-39-41-43-45-47-49-51-53-55-57-59-65(69)66-63(62-73-74(70,71)72-61-60-67(3,4)5)64(68)58-56-54-52-50-48-46-44-42-40-38-36-34-31-29-27-25-23-21-19-17-15-13-11-9-7-2/h24,26,40,42,48,50,56,58,63-64,68H,6-23,25,27-39,41,43-47,49,51-55,57,59-62H2,1-5H3,(H-,66,69,70,71)/p+1/b26-24-,42-40+,50-48+,58-56+. The Morgan fingerprint density at radius 2 is 0.743 bits per heavy atom. The molecule has 8 nitrogen and oxygen atoms in total. The third kappa shape index (κ3) is 58.1. The molecule has 0 bridgehead atoms. The number of hydrogen-bond donors (Lipinski definition) is 3. The van der Waals surface area contributed by atoms with Crippen LogP contribution in [0.4, 0.5) is 0 Å². The molecular formula is C65H126N2O6P+. The lowest BCUT2D eigenvalue weighted by atomic mass is 10.0. The second kappa shape index (κ2) is 56.2. The molecule has 0 radical (unpaired) electrons. The van der Waals surface area contributed by atoms with Crippen LogP contribution in [0, 0.1) is 0 Å². The van der Waals surface area contributed by atoms with Gasteiger partial charge in [-0.1, -0.05) is 281 Å². The monoisotopic (exact) mass is 1060 g/mol. The molecule has 3 atom stereocenters. The first-order valence-corrected chi connectivity index (χ1v) is 33.5. The van der Waals surface area contributed by atoms with Crippen molar-refractivity contribution in [2.45, 2.75) is 321 Å². The number of nitrogens with one attached hydrogen (secondary N) is 1. The molecule has 0 saturated carbocycles. The zero-order valence-corrected chi connectivity index (χ0v) is 50.7. The fraction of sp³-hybridized carbons (Fsp3) is 0.862. The van der Waals surface area contributed by atoms with E-state index in [-0.39, 0.29) is 19.1 Å². The van der Waals surface area contributed by atoms with E-state index in [1.807, 2.05) is 27.2 Å². The van der Waals surface area contributed by atoms with Crippen molar-refractivity contribution < 1.29 is 32.9 Å². The molecule has 0 aliphatic rings. The summed E-state index contributed by atoms with van der Waals surface area (Å²) in [6, 6.07) is -0.871. The highest BCUT2D eigenvalue weighted by Crippen LogP contribution is 2.43. The smallest absolute Gasteiger partial charge is 0.387 e. The molecule has 0 aliphatic carbocycles. The molecule has 0 aliphatic heterocycles. The molecule has 0 heterocycles. The van der Waals surface area contributed by atoms with Crippen LogP contribution in [-0.4, -0.2) is 73.4 Å². The second-order valence-corrected chi connectivity index (χ2v) is 24.6. The summed E-state index contributed by atoms with van der Waals surface area (Å²) in [6.45, 7) is 4.83. The van der Waals surface area contributed by atoms with Crippen molar-refractivity contribution >= 4 is 13.7 Å². The summed E-state index contributed by atoms with van der Waals surface area (Å²) in [5.41, 5.74) is 0. The molecule has 0 rings (SSSR count). The van der Waals surface area contributed by atoms with Crippen molar-refractivity contribution in [1.82, 2.24) is 5.32 Å². The van der Waals surface area contributed by atoms with Gasteiger partial charge in [-0.15, -0.1) is 0 Å². The van der Waals surface area contributed by atoms with Crippen molar-refractivity contribution in [3.63, 3.8) is 0 Å². The molecule has 0 aromatic heterocycles. The summed E-state index contributed by atoms with van der Waals surface area (Å²) in [5, 5.41) is 14.0. The molecule has 0 saturated heterocycles.